The second-order valence-corrected chi connectivity index (χ2v) is 8.99. The molecule has 1 amide bonds. The minimum Gasteiger partial charge on any atom is -0.465 e. The number of nitrogens with zero attached hydrogens (tertiary/aromatic N) is 2. The Morgan fingerprint density at radius 2 is 1.94 bits per heavy atom. The van der Waals surface area contributed by atoms with Crippen LogP contribution in [0.3, 0.4) is 0 Å². The normalized spacial score (nSPS) is 11.4. The van der Waals surface area contributed by atoms with E-state index in [9.17, 15) is 9.59 Å². The first-order valence-electron chi connectivity index (χ1n) is 10.4. The lowest BCUT2D eigenvalue weighted by Crippen LogP contribution is -2.33. The van der Waals surface area contributed by atoms with E-state index in [4.69, 9.17) is 21.1 Å². The SMILES string of the molecule is COC(=O)c1cc(-c2ccc(C)cc2Cl)cc2ncn(CCCNC(=O)OC(C)(C)C)c12. The summed E-state index contributed by atoms with van der Waals surface area (Å²) in [5, 5.41) is 3.34. The maximum atomic E-state index is 12.6. The number of aryl methyl sites for hydroxylation is 2. The van der Waals surface area contributed by atoms with Gasteiger partial charge in [-0.05, 0) is 63.4 Å². The minimum atomic E-state index is -0.544. The van der Waals surface area contributed by atoms with Gasteiger partial charge in [-0.2, -0.15) is 0 Å². The van der Waals surface area contributed by atoms with Gasteiger partial charge in [0, 0.05) is 23.7 Å². The molecule has 32 heavy (non-hydrogen) atoms. The molecule has 0 aliphatic carbocycles. The maximum absolute atomic E-state index is 12.6. The highest BCUT2D eigenvalue weighted by molar-refractivity contribution is 6.33. The molecular weight excluding hydrogens is 430 g/mol. The first kappa shape index (κ1) is 23.6. The van der Waals surface area contributed by atoms with Crippen LogP contribution in [0.2, 0.25) is 5.02 Å². The number of fused-ring (bicyclic) bond motifs is 1. The molecular formula is C24H28ClN3O4. The van der Waals surface area contributed by atoms with Gasteiger partial charge in [0.2, 0.25) is 0 Å². The third-order valence-electron chi connectivity index (χ3n) is 4.80. The molecule has 170 valence electrons. The fourth-order valence-corrected chi connectivity index (χ4v) is 3.75. The number of hydrogen-bond donors (Lipinski definition) is 1. The van der Waals surface area contributed by atoms with Crippen molar-refractivity contribution in [2.24, 2.45) is 0 Å². The summed E-state index contributed by atoms with van der Waals surface area (Å²) in [6, 6.07) is 9.48. The van der Waals surface area contributed by atoms with Crippen molar-refractivity contribution in [2.45, 2.75) is 46.3 Å². The van der Waals surface area contributed by atoms with E-state index in [1.807, 2.05) is 56.5 Å². The lowest BCUT2D eigenvalue weighted by Gasteiger charge is -2.19. The Kier molecular flexibility index (Phi) is 7.09. The van der Waals surface area contributed by atoms with E-state index in [-0.39, 0.29) is 0 Å². The van der Waals surface area contributed by atoms with Crippen LogP contribution in [0, 0.1) is 6.92 Å². The van der Waals surface area contributed by atoms with Crippen molar-refractivity contribution in [1.82, 2.24) is 14.9 Å². The molecule has 0 fully saturated rings. The molecule has 2 aromatic carbocycles. The number of nitrogens with one attached hydrogen (secondary N) is 1. The second kappa shape index (κ2) is 9.61. The van der Waals surface area contributed by atoms with Crippen LogP contribution in [0.1, 0.15) is 43.1 Å². The second-order valence-electron chi connectivity index (χ2n) is 8.59. The monoisotopic (exact) mass is 457 g/mol. The maximum Gasteiger partial charge on any atom is 0.407 e. The van der Waals surface area contributed by atoms with Crippen molar-refractivity contribution in [3.63, 3.8) is 0 Å². The van der Waals surface area contributed by atoms with Gasteiger partial charge in [-0.3, -0.25) is 0 Å². The summed E-state index contributed by atoms with van der Waals surface area (Å²) in [5.74, 6) is -0.450. The standard InChI is InChI=1S/C24H28ClN3O4/c1-15-7-8-17(19(25)11-15)16-12-18(22(29)31-5)21-20(13-16)27-14-28(21)10-6-9-26-23(30)32-24(2,3)4/h7-8,11-14H,6,9-10H2,1-5H3,(H,26,30). The molecule has 0 aliphatic rings. The van der Waals surface area contributed by atoms with Gasteiger partial charge in [0.1, 0.15) is 5.60 Å². The van der Waals surface area contributed by atoms with Crippen molar-refractivity contribution in [3.8, 4) is 11.1 Å². The first-order valence-corrected chi connectivity index (χ1v) is 10.8. The Balaban J connectivity index is 1.85. The molecule has 0 spiro atoms. The summed E-state index contributed by atoms with van der Waals surface area (Å²) < 4.78 is 12.2. The summed E-state index contributed by atoms with van der Waals surface area (Å²) in [7, 11) is 1.35. The summed E-state index contributed by atoms with van der Waals surface area (Å²) in [6.45, 7) is 8.40. The number of alkyl carbamates (subject to hydrolysis) is 1. The quantitative estimate of drug-likeness (QED) is 0.397. The Bertz CT molecular complexity index is 1150. The lowest BCUT2D eigenvalue weighted by molar-refractivity contribution is 0.0525. The van der Waals surface area contributed by atoms with Gasteiger partial charge in [-0.1, -0.05) is 23.7 Å². The molecule has 1 N–H and O–H groups in total. The predicted octanol–water partition coefficient (Wildman–Crippen LogP) is 5.37. The number of carbonyl (C=O) groups is 2. The van der Waals surface area contributed by atoms with Gasteiger partial charge in [0.15, 0.2) is 0 Å². The molecule has 7 nitrogen and oxygen atoms in total. The zero-order chi connectivity index (χ0) is 23.5. The zero-order valence-corrected chi connectivity index (χ0v) is 19.7. The largest absolute Gasteiger partial charge is 0.465 e. The number of hydrogen-bond acceptors (Lipinski definition) is 5. The Hall–Kier alpha value is -3.06. The number of aromatic nitrogens is 2. The average molecular weight is 458 g/mol. The molecule has 0 radical (unpaired) electrons. The summed E-state index contributed by atoms with van der Waals surface area (Å²) >= 11 is 6.45. The number of halogens is 1. The molecule has 0 saturated heterocycles. The third-order valence-corrected chi connectivity index (χ3v) is 5.11. The van der Waals surface area contributed by atoms with E-state index >= 15 is 0 Å². The molecule has 0 aliphatic heterocycles. The van der Waals surface area contributed by atoms with E-state index in [1.54, 1.807) is 12.4 Å². The van der Waals surface area contributed by atoms with Crippen LogP contribution in [0.5, 0.6) is 0 Å². The number of ether oxygens (including phenoxy) is 2. The first-order chi connectivity index (χ1) is 15.1. The number of methoxy groups -OCH3 is 1. The van der Waals surface area contributed by atoms with Crippen LogP contribution in [0.4, 0.5) is 4.79 Å². The molecule has 0 saturated carbocycles. The van der Waals surface area contributed by atoms with Crippen molar-refractivity contribution in [3.05, 3.63) is 52.8 Å². The Labute approximate surface area is 192 Å². The van der Waals surface area contributed by atoms with E-state index in [2.05, 4.69) is 10.3 Å². The van der Waals surface area contributed by atoms with Crippen molar-refractivity contribution in [1.29, 1.82) is 0 Å². The molecule has 8 heteroatoms. The van der Waals surface area contributed by atoms with Gasteiger partial charge in [-0.15, -0.1) is 0 Å². The fourth-order valence-electron chi connectivity index (χ4n) is 3.41. The van der Waals surface area contributed by atoms with Gasteiger partial charge < -0.3 is 19.4 Å². The van der Waals surface area contributed by atoms with Crippen molar-refractivity contribution >= 4 is 34.7 Å². The molecule has 0 atom stereocenters. The topological polar surface area (TPSA) is 82.5 Å². The van der Waals surface area contributed by atoms with Gasteiger partial charge in [0.05, 0.1) is 30.0 Å². The summed E-state index contributed by atoms with van der Waals surface area (Å²) in [4.78, 5) is 28.9. The highest BCUT2D eigenvalue weighted by atomic mass is 35.5. The molecule has 0 unspecified atom stereocenters. The van der Waals surface area contributed by atoms with Gasteiger partial charge in [-0.25, -0.2) is 14.6 Å². The van der Waals surface area contributed by atoms with E-state index < -0.39 is 17.7 Å². The molecule has 1 heterocycles. The number of amides is 1. The third kappa shape index (κ3) is 5.59. The average Bonchev–Trinajstić information content (AvgIpc) is 3.11. The van der Waals surface area contributed by atoms with Crippen molar-refractivity contribution in [2.75, 3.05) is 13.7 Å². The number of rotatable bonds is 6. The highest BCUT2D eigenvalue weighted by Crippen LogP contribution is 2.33. The van der Waals surface area contributed by atoms with Crippen LogP contribution in [-0.2, 0) is 16.0 Å². The predicted molar refractivity (Wildman–Crippen MR) is 125 cm³/mol. The number of carbonyl (C=O) groups excluding carboxylic acids is 2. The lowest BCUT2D eigenvalue weighted by atomic mass is 10.0. The van der Waals surface area contributed by atoms with Crippen LogP contribution < -0.4 is 5.32 Å². The Morgan fingerprint density at radius 3 is 2.59 bits per heavy atom. The smallest absolute Gasteiger partial charge is 0.407 e. The number of imidazole rings is 1. The molecule has 3 aromatic rings. The van der Waals surface area contributed by atoms with Crippen LogP contribution in [0.25, 0.3) is 22.2 Å². The molecule has 0 bridgehead atoms. The van der Waals surface area contributed by atoms with Crippen LogP contribution >= 0.6 is 11.6 Å². The van der Waals surface area contributed by atoms with E-state index in [0.29, 0.717) is 41.1 Å². The summed E-state index contributed by atoms with van der Waals surface area (Å²) in [6.07, 6.45) is 1.87. The molecule has 3 rings (SSSR count). The summed E-state index contributed by atoms with van der Waals surface area (Å²) in [5.41, 5.74) is 3.88. The van der Waals surface area contributed by atoms with Crippen LogP contribution in [-0.4, -0.2) is 40.9 Å². The van der Waals surface area contributed by atoms with Crippen molar-refractivity contribution < 1.29 is 19.1 Å². The minimum absolute atomic E-state index is 0.411. The van der Waals surface area contributed by atoms with Gasteiger partial charge >= 0.3 is 12.1 Å². The number of esters is 1. The van der Waals surface area contributed by atoms with Gasteiger partial charge in [0.25, 0.3) is 0 Å². The van der Waals surface area contributed by atoms with Crippen LogP contribution in [0.15, 0.2) is 36.7 Å². The highest BCUT2D eigenvalue weighted by Gasteiger charge is 2.19. The van der Waals surface area contributed by atoms with E-state index in [1.165, 1.54) is 7.11 Å². The molecule has 1 aromatic heterocycles. The Morgan fingerprint density at radius 1 is 1.19 bits per heavy atom. The van der Waals surface area contributed by atoms with E-state index in [0.717, 1.165) is 16.7 Å². The zero-order valence-electron chi connectivity index (χ0n) is 19.0. The fraction of sp³-hybridized carbons (Fsp3) is 0.375. The number of benzene rings is 2.